The van der Waals surface area contributed by atoms with Crippen molar-refractivity contribution < 1.29 is 9.53 Å². The van der Waals surface area contributed by atoms with Crippen LogP contribution < -0.4 is 0 Å². The summed E-state index contributed by atoms with van der Waals surface area (Å²) in [5, 5.41) is 0.209. The number of halogens is 1. The number of rotatable bonds is 1. The predicted octanol–water partition coefficient (Wildman–Crippen LogP) is 1.40. The fourth-order valence-electron chi connectivity index (χ4n) is 1.11. The average Bonchev–Trinajstić information content (AvgIpc) is 2.64. The largest absolute Gasteiger partial charge is 0.464 e. The Morgan fingerprint density at radius 2 is 2.43 bits per heavy atom. The first-order chi connectivity index (χ1) is 6.72. The average molecular weight is 212 g/mol. The number of fused-ring (bicyclic) bond motifs is 1. The van der Waals surface area contributed by atoms with Crippen LogP contribution in [0.15, 0.2) is 12.4 Å². The minimum absolute atomic E-state index is 0.150. The van der Waals surface area contributed by atoms with Crippen molar-refractivity contribution in [2.45, 2.75) is 0 Å². The Labute approximate surface area is 84.1 Å². The standard InChI is InChI=1S/C8H6ClN3O2/c1-14-8(13)5-2-4-6(7(9)12-5)11-3-10-4/h2-3H,1H3,(H,10,11). The number of ether oxygens (including phenoxy) is 1. The van der Waals surface area contributed by atoms with E-state index in [1.54, 1.807) is 0 Å². The van der Waals surface area contributed by atoms with Gasteiger partial charge in [0.2, 0.25) is 0 Å². The van der Waals surface area contributed by atoms with Gasteiger partial charge >= 0.3 is 5.97 Å². The number of imidazole rings is 1. The molecular weight excluding hydrogens is 206 g/mol. The number of hydrogen-bond acceptors (Lipinski definition) is 4. The van der Waals surface area contributed by atoms with Crippen LogP contribution in [0.25, 0.3) is 11.0 Å². The molecule has 5 nitrogen and oxygen atoms in total. The van der Waals surface area contributed by atoms with Gasteiger partial charge in [-0.1, -0.05) is 11.6 Å². The minimum atomic E-state index is -0.531. The number of aromatic amines is 1. The van der Waals surface area contributed by atoms with E-state index in [0.29, 0.717) is 11.0 Å². The summed E-state index contributed by atoms with van der Waals surface area (Å²) in [5.74, 6) is -0.531. The van der Waals surface area contributed by atoms with Crippen molar-refractivity contribution in [3.63, 3.8) is 0 Å². The summed E-state index contributed by atoms with van der Waals surface area (Å²) in [6.45, 7) is 0. The number of hydrogen-bond donors (Lipinski definition) is 1. The Kier molecular flexibility index (Phi) is 2.09. The van der Waals surface area contributed by atoms with E-state index >= 15 is 0 Å². The number of carbonyl (C=O) groups is 1. The second-order valence-corrected chi connectivity index (χ2v) is 2.94. The molecule has 2 rings (SSSR count). The summed E-state index contributed by atoms with van der Waals surface area (Å²) >= 11 is 5.81. The number of aromatic nitrogens is 3. The third kappa shape index (κ3) is 1.31. The fourth-order valence-corrected chi connectivity index (χ4v) is 1.35. The van der Waals surface area contributed by atoms with Crippen molar-refractivity contribution in [3.05, 3.63) is 23.2 Å². The maximum absolute atomic E-state index is 11.1. The zero-order chi connectivity index (χ0) is 10.1. The summed E-state index contributed by atoms with van der Waals surface area (Å²) in [6.07, 6.45) is 1.49. The monoisotopic (exact) mass is 211 g/mol. The lowest BCUT2D eigenvalue weighted by Gasteiger charge is -1.98. The van der Waals surface area contributed by atoms with E-state index in [4.69, 9.17) is 11.6 Å². The molecule has 0 saturated carbocycles. The highest BCUT2D eigenvalue weighted by molar-refractivity contribution is 6.33. The Morgan fingerprint density at radius 3 is 3.14 bits per heavy atom. The van der Waals surface area contributed by atoms with Crippen LogP contribution in [-0.2, 0) is 4.74 Å². The maximum atomic E-state index is 11.1. The van der Waals surface area contributed by atoms with Crippen molar-refractivity contribution in [1.29, 1.82) is 0 Å². The molecule has 0 unspecified atom stereocenters. The lowest BCUT2D eigenvalue weighted by molar-refractivity contribution is 0.0594. The van der Waals surface area contributed by atoms with Crippen LogP contribution in [0.5, 0.6) is 0 Å². The van der Waals surface area contributed by atoms with Gasteiger partial charge in [-0.15, -0.1) is 0 Å². The van der Waals surface area contributed by atoms with Gasteiger partial charge in [-0.2, -0.15) is 0 Å². The molecule has 0 fully saturated rings. The molecule has 1 N–H and O–H groups in total. The first-order valence-corrected chi connectivity index (χ1v) is 4.18. The molecule has 72 valence electrons. The van der Waals surface area contributed by atoms with E-state index in [9.17, 15) is 4.79 Å². The first-order valence-electron chi connectivity index (χ1n) is 3.80. The van der Waals surface area contributed by atoms with E-state index < -0.39 is 5.97 Å². The van der Waals surface area contributed by atoms with Gasteiger partial charge in [-0.05, 0) is 6.07 Å². The van der Waals surface area contributed by atoms with Gasteiger partial charge in [0.25, 0.3) is 0 Å². The van der Waals surface area contributed by atoms with Crippen LogP contribution in [-0.4, -0.2) is 28.0 Å². The number of methoxy groups -OCH3 is 1. The third-order valence-corrected chi connectivity index (χ3v) is 2.04. The highest BCUT2D eigenvalue weighted by atomic mass is 35.5. The lowest BCUT2D eigenvalue weighted by Crippen LogP contribution is -2.04. The molecule has 2 heterocycles. The van der Waals surface area contributed by atoms with E-state index in [0.717, 1.165) is 0 Å². The van der Waals surface area contributed by atoms with Gasteiger partial charge in [0.15, 0.2) is 10.8 Å². The molecular formula is C8H6ClN3O2. The van der Waals surface area contributed by atoms with E-state index in [1.807, 2.05) is 0 Å². The van der Waals surface area contributed by atoms with Crippen molar-refractivity contribution in [3.8, 4) is 0 Å². The predicted molar refractivity (Wildman–Crippen MR) is 50.2 cm³/mol. The van der Waals surface area contributed by atoms with Gasteiger partial charge in [0.1, 0.15) is 5.52 Å². The summed E-state index contributed by atoms with van der Waals surface area (Å²) in [5.41, 5.74) is 1.35. The normalized spacial score (nSPS) is 10.4. The van der Waals surface area contributed by atoms with Gasteiger partial charge < -0.3 is 9.72 Å². The summed E-state index contributed by atoms with van der Waals surface area (Å²) in [6, 6.07) is 1.52. The summed E-state index contributed by atoms with van der Waals surface area (Å²) in [4.78, 5) is 21.8. The zero-order valence-electron chi connectivity index (χ0n) is 7.24. The Morgan fingerprint density at radius 1 is 1.64 bits per heavy atom. The molecule has 0 bridgehead atoms. The zero-order valence-corrected chi connectivity index (χ0v) is 8.00. The van der Waals surface area contributed by atoms with Crippen LogP contribution in [0.2, 0.25) is 5.15 Å². The maximum Gasteiger partial charge on any atom is 0.356 e. The topological polar surface area (TPSA) is 67.9 Å². The van der Waals surface area contributed by atoms with Crippen molar-refractivity contribution in [2.75, 3.05) is 7.11 Å². The molecule has 14 heavy (non-hydrogen) atoms. The van der Waals surface area contributed by atoms with Crippen LogP contribution in [0, 0.1) is 0 Å². The molecule has 0 amide bonds. The fraction of sp³-hybridized carbons (Fsp3) is 0.125. The van der Waals surface area contributed by atoms with Crippen molar-refractivity contribution in [2.24, 2.45) is 0 Å². The SMILES string of the molecule is COC(=O)c1cc2nc[nH]c2c(Cl)n1. The number of nitrogens with zero attached hydrogens (tertiary/aromatic N) is 2. The third-order valence-electron chi connectivity index (χ3n) is 1.76. The van der Waals surface area contributed by atoms with Gasteiger partial charge in [-0.25, -0.2) is 14.8 Å². The van der Waals surface area contributed by atoms with E-state index in [1.165, 1.54) is 19.5 Å². The van der Waals surface area contributed by atoms with Crippen LogP contribution in [0.1, 0.15) is 10.5 Å². The first kappa shape index (κ1) is 8.96. The minimum Gasteiger partial charge on any atom is -0.464 e. The van der Waals surface area contributed by atoms with Crippen molar-refractivity contribution in [1.82, 2.24) is 15.0 Å². The Balaban J connectivity index is 2.64. The molecule has 0 spiro atoms. The molecule has 0 aromatic carbocycles. The summed E-state index contributed by atoms with van der Waals surface area (Å²) in [7, 11) is 1.28. The molecule has 2 aromatic rings. The van der Waals surface area contributed by atoms with Crippen LogP contribution in [0.4, 0.5) is 0 Å². The van der Waals surface area contributed by atoms with Gasteiger partial charge in [-0.3, -0.25) is 0 Å². The highest BCUT2D eigenvalue weighted by Crippen LogP contribution is 2.19. The second kappa shape index (κ2) is 3.26. The van der Waals surface area contributed by atoms with Gasteiger partial charge in [0.05, 0.1) is 19.0 Å². The van der Waals surface area contributed by atoms with Crippen molar-refractivity contribution >= 4 is 28.6 Å². The number of carbonyl (C=O) groups excluding carboxylic acids is 1. The molecule has 6 heteroatoms. The van der Waals surface area contributed by atoms with Gasteiger partial charge in [0, 0.05) is 0 Å². The Bertz CT molecular complexity index is 494. The molecule has 0 aliphatic rings. The van der Waals surface area contributed by atoms with E-state index in [-0.39, 0.29) is 10.8 Å². The number of esters is 1. The smallest absolute Gasteiger partial charge is 0.356 e. The lowest BCUT2D eigenvalue weighted by atomic mass is 10.3. The number of H-pyrrole nitrogens is 1. The molecule has 0 aliphatic carbocycles. The highest BCUT2D eigenvalue weighted by Gasteiger charge is 2.12. The number of pyridine rings is 1. The molecule has 0 radical (unpaired) electrons. The molecule has 0 aliphatic heterocycles. The second-order valence-electron chi connectivity index (χ2n) is 2.59. The molecule has 2 aromatic heterocycles. The summed E-state index contributed by atoms with van der Waals surface area (Å²) < 4.78 is 4.52. The molecule has 0 atom stereocenters. The molecule has 0 saturated heterocycles. The van der Waals surface area contributed by atoms with Crippen LogP contribution >= 0.6 is 11.6 Å². The quantitative estimate of drug-likeness (QED) is 0.572. The van der Waals surface area contributed by atoms with Crippen LogP contribution in [0.3, 0.4) is 0 Å². The number of nitrogens with one attached hydrogen (secondary N) is 1. The Hall–Kier alpha value is -1.62. The van der Waals surface area contributed by atoms with E-state index in [2.05, 4.69) is 19.7 Å².